The van der Waals surface area contributed by atoms with Gasteiger partial charge in [-0.15, -0.1) is 0 Å². The van der Waals surface area contributed by atoms with Crippen LogP contribution in [0.15, 0.2) is 12.1 Å². The maximum Gasteiger partial charge on any atom is 0.422 e. The van der Waals surface area contributed by atoms with Crippen LogP contribution in [0.25, 0.3) is 5.69 Å². The van der Waals surface area contributed by atoms with Crippen LogP contribution >= 0.6 is 23.2 Å². The molecule has 0 unspecified atom stereocenters. The van der Waals surface area contributed by atoms with Crippen molar-refractivity contribution in [2.45, 2.75) is 12.4 Å². The van der Waals surface area contributed by atoms with Crippen LogP contribution in [0.4, 0.5) is 26.3 Å². The molecule has 0 saturated carbocycles. The van der Waals surface area contributed by atoms with Crippen molar-refractivity contribution >= 4 is 34.5 Å². The second-order valence-electron chi connectivity index (χ2n) is 4.48. The van der Waals surface area contributed by atoms with Gasteiger partial charge in [0.25, 0.3) is 0 Å². The fraction of sp³-hybridized carbons (Fsp3) is 0.167. The molecule has 1 aromatic carbocycles. The first-order valence-corrected chi connectivity index (χ1v) is 7.43. The Bertz CT molecular complexity index is 956. The second-order valence-corrected chi connectivity index (χ2v) is 5.87. The standard InChI is InChI=1S/C12H3Cl2F6N3OS/c13-5-1-4(11(15,16)17)2-6(14)9(5)23-7(3-21)8(12(18,19)20)10(22-23)25-24/h1-2,22H. The molecule has 2 aromatic rings. The van der Waals surface area contributed by atoms with Crippen molar-refractivity contribution in [1.29, 1.82) is 5.26 Å². The van der Waals surface area contributed by atoms with Crippen LogP contribution in [0, 0.1) is 16.0 Å². The van der Waals surface area contributed by atoms with Crippen molar-refractivity contribution in [3.05, 3.63) is 43.6 Å². The summed E-state index contributed by atoms with van der Waals surface area (Å²) in [7, 11) is 0. The number of nitrogens with one attached hydrogen (secondary N) is 1. The predicted molar refractivity (Wildman–Crippen MR) is 76.2 cm³/mol. The summed E-state index contributed by atoms with van der Waals surface area (Å²) in [5, 5.41) is 9.68. The average Bonchev–Trinajstić information content (AvgIpc) is 2.84. The summed E-state index contributed by atoms with van der Waals surface area (Å²) in [5.74, 6) is 0. The van der Waals surface area contributed by atoms with E-state index in [9.17, 15) is 30.6 Å². The number of aromatic nitrogens is 2. The lowest BCUT2D eigenvalue weighted by atomic mass is 10.2. The first-order valence-electron chi connectivity index (χ1n) is 5.93. The lowest BCUT2D eigenvalue weighted by Gasteiger charge is -2.13. The van der Waals surface area contributed by atoms with E-state index in [0.717, 1.165) is 0 Å². The highest BCUT2D eigenvalue weighted by atomic mass is 35.5. The van der Waals surface area contributed by atoms with Gasteiger partial charge in [-0.1, -0.05) is 23.2 Å². The van der Waals surface area contributed by atoms with Gasteiger partial charge in [0.05, 0.1) is 15.6 Å². The number of rotatable bonds is 1. The maximum absolute atomic E-state index is 13.1. The topological polar surface area (TPSA) is 61.6 Å². The Labute approximate surface area is 148 Å². The molecule has 0 amide bonds. The van der Waals surface area contributed by atoms with Crippen LogP contribution in [-0.4, -0.2) is 14.0 Å². The van der Waals surface area contributed by atoms with Gasteiger partial charge >= 0.3 is 12.4 Å². The molecule has 2 rings (SSSR count). The van der Waals surface area contributed by atoms with Crippen molar-refractivity contribution in [3.8, 4) is 11.8 Å². The van der Waals surface area contributed by atoms with Gasteiger partial charge in [0.1, 0.15) is 28.6 Å². The summed E-state index contributed by atoms with van der Waals surface area (Å²) < 4.78 is 87.8. The van der Waals surface area contributed by atoms with Crippen molar-refractivity contribution < 1.29 is 30.6 Å². The third kappa shape index (κ3) is 3.56. The van der Waals surface area contributed by atoms with Crippen LogP contribution in [0.5, 0.6) is 0 Å². The maximum atomic E-state index is 13.1. The third-order valence-corrected chi connectivity index (χ3v) is 3.98. The molecule has 0 atom stereocenters. The molecule has 0 radical (unpaired) electrons. The van der Waals surface area contributed by atoms with E-state index in [2.05, 4.69) is 0 Å². The molecule has 134 valence electrons. The van der Waals surface area contributed by atoms with E-state index in [1.54, 1.807) is 0 Å². The zero-order valence-corrected chi connectivity index (χ0v) is 13.7. The summed E-state index contributed by atoms with van der Waals surface area (Å²) in [6, 6.07) is 2.12. The second kappa shape index (κ2) is 6.44. The lowest BCUT2D eigenvalue weighted by molar-refractivity contribution is -0.138. The summed E-state index contributed by atoms with van der Waals surface area (Å²) in [6.45, 7) is 0. The molecule has 13 heteroatoms. The number of nitriles is 1. The molecule has 0 saturated heterocycles. The number of halogens is 8. The van der Waals surface area contributed by atoms with E-state index in [1.165, 1.54) is 6.07 Å². The van der Waals surface area contributed by atoms with Gasteiger partial charge in [0.2, 0.25) is 0 Å². The molecule has 0 aliphatic rings. The Balaban J connectivity index is 2.88. The molecule has 25 heavy (non-hydrogen) atoms. The van der Waals surface area contributed by atoms with Gasteiger partial charge in [0, 0.05) is 0 Å². The largest absolute Gasteiger partial charge is 0.422 e. The number of aromatic amines is 1. The van der Waals surface area contributed by atoms with Crippen LogP contribution in [0.3, 0.4) is 0 Å². The van der Waals surface area contributed by atoms with Crippen molar-refractivity contribution in [2.24, 2.45) is 0 Å². The van der Waals surface area contributed by atoms with Gasteiger partial charge in [-0.3, -0.25) is 5.10 Å². The Morgan fingerprint density at radius 3 is 1.96 bits per heavy atom. The van der Waals surface area contributed by atoms with E-state index in [1.807, 2.05) is 5.10 Å². The zero-order valence-electron chi connectivity index (χ0n) is 11.4. The smallest absolute Gasteiger partial charge is 0.280 e. The molecule has 0 bridgehead atoms. The average molecular weight is 422 g/mol. The molecule has 0 aliphatic heterocycles. The summed E-state index contributed by atoms with van der Waals surface area (Å²) in [4.78, 5) is 0. The van der Waals surface area contributed by atoms with Crippen LogP contribution < -0.4 is 0 Å². The van der Waals surface area contributed by atoms with E-state index in [0.29, 0.717) is 16.8 Å². The molecule has 0 aliphatic carbocycles. The number of alkyl halides is 6. The Morgan fingerprint density at radius 1 is 1.08 bits per heavy atom. The van der Waals surface area contributed by atoms with Gasteiger partial charge < -0.3 is 0 Å². The number of hydrogen-bond donors (Lipinski definition) is 1. The normalized spacial score (nSPS) is 12.1. The fourth-order valence-corrected chi connectivity index (χ4v) is 3.05. The Kier molecular flexibility index (Phi) is 5.00. The van der Waals surface area contributed by atoms with Gasteiger partial charge in [-0.25, -0.2) is 8.89 Å². The molecule has 1 heterocycles. The van der Waals surface area contributed by atoms with Gasteiger partial charge in [-0.2, -0.15) is 31.6 Å². The molecule has 1 aromatic heterocycles. The number of nitrogens with zero attached hydrogens (tertiary/aromatic N) is 2. The summed E-state index contributed by atoms with van der Waals surface area (Å²) in [5.41, 5.74) is -4.40. The SMILES string of the molecule is N#Cc1c(C(F)(F)F)c(=S=O)[nH]n1-c1c(Cl)cc(C(F)(F)F)cc1Cl. The quantitative estimate of drug-likeness (QED) is 0.532. The minimum absolute atomic E-state index is 0.424. The first-order chi connectivity index (χ1) is 11.4. The zero-order chi connectivity index (χ0) is 19.2. The summed E-state index contributed by atoms with van der Waals surface area (Å²) in [6.07, 6.45) is -9.86. The monoisotopic (exact) mass is 421 g/mol. The van der Waals surface area contributed by atoms with E-state index >= 15 is 0 Å². The van der Waals surface area contributed by atoms with Crippen molar-refractivity contribution in [1.82, 2.24) is 9.78 Å². The van der Waals surface area contributed by atoms with Crippen molar-refractivity contribution in [2.75, 3.05) is 0 Å². The Hall–Kier alpha value is -1.90. The highest BCUT2D eigenvalue weighted by Gasteiger charge is 2.39. The highest BCUT2D eigenvalue weighted by molar-refractivity contribution is 7.56. The molecular formula is C12H3Cl2F6N3OS. The third-order valence-electron chi connectivity index (χ3n) is 2.94. The molecule has 1 N–H and O–H groups in total. The fourth-order valence-electron chi connectivity index (χ4n) is 1.97. The minimum Gasteiger partial charge on any atom is -0.280 e. The number of benzene rings is 1. The molecule has 4 nitrogen and oxygen atoms in total. The first kappa shape index (κ1) is 19.4. The van der Waals surface area contributed by atoms with E-state index < -0.39 is 60.8 Å². The van der Waals surface area contributed by atoms with E-state index in [4.69, 9.17) is 28.5 Å². The number of H-pyrrole nitrogens is 1. The lowest BCUT2D eigenvalue weighted by Crippen LogP contribution is -2.10. The number of hydrogen-bond acceptors (Lipinski definition) is 2. The van der Waals surface area contributed by atoms with E-state index in [-0.39, 0.29) is 0 Å². The summed E-state index contributed by atoms with van der Waals surface area (Å²) >= 11 is 10.9. The highest BCUT2D eigenvalue weighted by Crippen LogP contribution is 2.39. The van der Waals surface area contributed by atoms with Crippen LogP contribution in [0.1, 0.15) is 16.8 Å². The van der Waals surface area contributed by atoms with Crippen LogP contribution in [0.2, 0.25) is 10.0 Å². The van der Waals surface area contributed by atoms with Crippen molar-refractivity contribution in [3.63, 3.8) is 0 Å². The molecule has 0 spiro atoms. The molecule has 0 fully saturated rings. The predicted octanol–water partition coefficient (Wildman–Crippen LogP) is 4.77. The van der Waals surface area contributed by atoms with Crippen LogP contribution in [-0.2, 0) is 23.6 Å². The Morgan fingerprint density at radius 2 is 1.60 bits per heavy atom. The minimum atomic E-state index is -5.07. The van der Waals surface area contributed by atoms with Gasteiger partial charge in [-0.05, 0) is 12.1 Å². The van der Waals surface area contributed by atoms with Gasteiger partial charge in [0.15, 0.2) is 10.3 Å². The molecular weight excluding hydrogens is 419 g/mol.